The molecule has 114 valence electrons. The average Bonchev–Trinajstić information content (AvgIpc) is 2.37. The summed E-state index contributed by atoms with van der Waals surface area (Å²) in [7, 11) is -3.25. The van der Waals surface area contributed by atoms with Crippen LogP contribution in [0.25, 0.3) is 0 Å². The van der Waals surface area contributed by atoms with Crippen LogP contribution >= 0.6 is 0 Å². The number of nitrogens with one attached hydrogen (secondary N) is 2. The molecule has 0 spiro atoms. The fourth-order valence-corrected chi connectivity index (χ4v) is 3.03. The van der Waals surface area contributed by atoms with Crippen LogP contribution in [0.5, 0.6) is 0 Å². The van der Waals surface area contributed by atoms with Crippen LogP contribution in [0, 0.1) is 0 Å². The molecule has 0 aromatic heterocycles. The largest absolute Gasteiger partial charge is 0.314 e. The molecule has 1 aromatic rings. The molecule has 0 saturated heterocycles. The van der Waals surface area contributed by atoms with Gasteiger partial charge in [0.15, 0.2) is 0 Å². The predicted molar refractivity (Wildman–Crippen MR) is 85.6 cm³/mol. The van der Waals surface area contributed by atoms with Gasteiger partial charge in [0.05, 0.1) is 5.75 Å². The van der Waals surface area contributed by atoms with Crippen molar-refractivity contribution in [2.24, 2.45) is 0 Å². The molecule has 5 heteroatoms. The van der Waals surface area contributed by atoms with Gasteiger partial charge in [-0.3, -0.25) is 4.72 Å². The summed E-state index contributed by atoms with van der Waals surface area (Å²) in [6.45, 7) is 6.94. The Bertz CT molecular complexity index is 481. The van der Waals surface area contributed by atoms with E-state index in [1.807, 2.05) is 38.1 Å². The van der Waals surface area contributed by atoms with Gasteiger partial charge in [-0.2, -0.15) is 0 Å². The first-order chi connectivity index (χ1) is 9.43. The Morgan fingerprint density at radius 1 is 1.15 bits per heavy atom. The molecule has 0 aliphatic heterocycles. The Kier molecular flexibility index (Phi) is 7.02. The molecule has 1 rings (SSSR count). The highest BCUT2D eigenvalue weighted by Gasteiger charge is 2.10. The summed E-state index contributed by atoms with van der Waals surface area (Å²) in [6, 6.07) is 7.99. The van der Waals surface area contributed by atoms with Crippen molar-refractivity contribution < 1.29 is 8.42 Å². The summed E-state index contributed by atoms with van der Waals surface area (Å²) in [4.78, 5) is 0. The van der Waals surface area contributed by atoms with E-state index < -0.39 is 10.0 Å². The summed E-state index contributed by atoms with van der Waals surface area (Å²) < 4.78 is 26.5. The Morgan fingerprint density at radius 2 is 1.80 bits per heavy atom. The van der Waals surface area contributed by atoms with Crippen molar-refractivity contribution in [3.8, 4) is 0 Å². The Balaban J connectivity index is 2.45. The van der Waals surface area contributed by atoms with Gasteiger partial charge in [0.25, 0.3) is 0 Å². The highest BCUT2D eigenvalue weighted by Crippen LogP contribution is 2.13. The number of anilines is 1. The summed E-state index contributed by atoms with van der Waals surface area (Å²) in [5, 5.41) is 3.21. The average molecular weight is 298 g/mol. The molecule has 0 saturated carbocycles. The van der Waals surface area contributed by atoms with E-state index in [-0.39, 0.29) is 5.75 Å². The molecular formula is C15H26N2O2S. The topological polar surface area (TPSA) is 58.2 Å². The zero-order chi connectivity index (χ0) is 15.0. The molecule has 2 N–H and O–H groups in total. The number of aryl methyl sites for hydroxylation is 1. The van der Waals surface area contributed by atoms with Crippen LogP contribution in [-0.4, -0.2) is 26.8 Å². The van der Waals surface area contributed by atoms with E-state index in [1.54, 1.807) is 0 Å². The van der Waals surface area contributed by atoms with Crippen molar-refractivity contribution in [1.82, 2.24) is 5.32 Å². The number of hydrogen-bond donors (Lipinski definition) is 2. The first-order valence-electron chi connectivity index (χ1n) is 7.26. The molecule has 0 amide bonds. The zero-order valence-electron chi connectivity index (χ0n) is 12.6. The van der Waals surface area contributed by atoms with Gasteiger partial charge in [0, 0.05) is 11.7 Å². The molecule has 4 nitrogen and oxygen atoms in total. The first-order valence-corrected chi connectivity index (χ1v) is 8.91. The molecule has 0 unspecified atom stereocenters. The molecule has 0 radical (unpaired) electrons. The second kappa shape index (κ2) is 8.27. The maximum atomic E-state index is 11.9. The summed E-state index contributed by atoms with van der Waals surface area (Å²) in [5.74, 6) is 0.142. The molecule has 0 atom stereocenters. The third kappa shape index (κ3) is 6.91. The van der Waals surface area contributed by atoms with Gasteiger partial charge in [0.2, 0.25) is 10.0 Å². The normalized spacial score (nSPS) is 11.8. The Morgan fingerprint density at radius 3 is 2.35 bits per heavy atom. The monoisotopic (exact) mass is 298 g/mol. The highest BCUT2D eigenvalue weighted by atomic mass is 32.2. The van der Waals surface area contributed by atoms with Gasteiger partial charge in [-0.15, -0.1) is 0 Å². The predicted octanol–water partition coefficient (Wildman–Crippen LogP) is 2.77. The molecule has 0 fully saturated rings. The van der Waals surface area contributed by atoms with E-state index in [2.05, 4.69) is 17.0 Å². The van der Waals surface area contributed by atoms with Crippen LogP contribution in [0.4, 0.5) is 5.69 Å². The zero-order valence-corrected chi connectivity index (χ0v) is 13.5. The van der Waals surface area contributed by atoms with Crippen LogP contribution < -0.4 is 10.0 Å². The van der Waals surface area contributed by atoms with E-state index in [4.69, 9.17) is 0 Å². The molecule has 0 aliphatic carbocycles. The van der Waals surface area contributed by atoms with Crippen molar-refractivity contribution in [2.75, 3.05) is 17.0 Å². The van der Waals surface area contributed by atoms with Gasteiger partial charge >= 0.3 is 0 Å². The van der Waals surface area contributed by atoms with Gasteiger partial charge in [-0.1, -0.05) is 39.3 Å². The van der Waals surface area contributed by atoms with E-state index in [9.17, 15) is 8.42 Å². The maximum Gasteiger partial charge on any atom is 0.232 e. The molecular weight excluding hydrogens is 272 g/mol. The van der Waals surface area contributed by atoms with Crippen LogP contribution in [-0.2, 0) is 16.4 Å². The lowest BCUT2D eigenvalue weighted by molar-refractivity contribution is 0.571. The van der Waals surface area contributed by atoms with Gasteiger partial charge in [0.1, 0.15) is 0 Å². The molecule has 0 heterocycles. The number of hydrogen-bond acceptors (Lipinski definition) is 3. The minimum absolute atomic E-state index is 0.142. The van der Waals surface area contributed by atoms with Crippen molar-refractivity contribution in [2.45, 2.75) is 46.1 Å². The van der Waals surface area contributed by atoms with Crippen molar-refractivity contribution in [3.05, 3.63) is 29.8 Å². The fraction of sp³-hybridized carbons (Fsp3) is 0.600. The summed E-state index contributed by atoms with van der Waals surface area (Å²) >= 11 is 0. The lowest BCUT2D eigenvalue weighted by atomic mass is 10.1. The quantitative estimate of drug-likeness (QED) is 0.689. The Hall–Kier alpha value is -1.07. The summed E-state index contributed by atoms with van der Waals surface area (Å²) in [5.41, 5.74) is 1.87. The fourth-order valence-electron chi connectivity index (χ4n) is 1.91. The minimum Gasteiger partial charge on any atom is -0.314 e. The van der Waals surface area contributed by atoms with Gasteiger partial charge in [-0.05, 0) is 37.1 Å². The molecule has 0 aliphatic rings. The maximum absolute atomic E-state index is 11.9. The van der Waals surface area contributed by atoms with Crippen molar-refractivity contribution in [3.63, 3.8) is 0 Å². The van der Waals surface area contributed by atoms with Crippen LogP contribution in [0.3, 0.4) is 0 Å². The second-order valence-corrected chi connectivity index (χ2v) is 7.17. The molecule has 20 heavy (non-hydrogen) atoms. The molecule has 0 bridgehead atoms. The van der Waals surface area contributed by atoms with E-state index in [1.165, 1.54) is 5.56 Å². The van der Waals surface area contributed by atoms with E-state index >= 15 is 0 Å². The van der Waals surface area contributed by atoms with Gasteiger partial charge in [-0.25, -0.2) is 8.42 Å². The smallest absolute Gasteiger partial charge is 0.232 e. The third-order valence-corrected chi connectivity index (χ3v) is 4.28. The van der Waals surface area contributed by atoms with Crippen molar-refractivity contribution in [1.29, 1.82) is 0 Å². The van der Waals surface area contributed by atoms with Crippen molar-refractivity contribution >= 4 is 15.7 Å². The highest BCUT2D eigenvalue weighted by molar-refractivity contribution is 7.92. The van der Waals surface area contributed by atoms with Gasteiger partial charge < -0.3 is 5.32 Å². The minimum atomic E-state index is -3.25. The number of benzene rings is 1. The second-order valence-electron chi connectivity index (χ2n) is 5.33. The summed E-state index contributed by atoms with van der Waals surface area (Å²) in [6.07, 6.45) is 2.73. The standard InChI is InChI=1S/C15H26N2O2S/c1-4-6-14-7-9-15(10-8-14)17-20(18,19)12-5-11-16-13(2)3/h7-10,13,16-17H,4-6,11-12H2,1-3H3. The SMILES string of the molecule is CCCc1ccc(NS(=O)(=O)CCCNC(C)C)cc1. The third-order valence-electron chi connectivity index (χ3n) is 2.91. The van der Waals surface area contributed by atoms with Crippen LogP contribution in [0.2, 0.25) is 0 Å². The Labute approximate surface area is 123 Å². The molecule has 1 aromatic carbocycles. The van der Waals surface area contributed by atoms with E-state index in [0.717, 1.165) is 12.8 Å². The number of rotatable bonds is 9. The van der Waals surface area contributed by atoms with Crippen LogP contribution in [0.15, 0.2) is 24.3 Å². The van der Waals surface area contributed by atoms with E-state index in [0.29, 0.717) is 24.7 Å². The van der Waals surface area contributed by atoms with Crippen LogP contribution in [0.1, 0.15) is 39.2 Å². The number of sulfonamides is 1. The lowest BCUT2D eigenvalue weighted by Gasteiger charge is -2.10. The lowest BCUT2D eigenvalue weighted by Crippen LogP contribution is -2.26. The first kappa shape index (κ1) is 17.0.